The number of carbonyl (C=O) groups excluding carboxylic acids is 2. The van der Waals surface area contributed by atoms with E-state index in [1.807, 2.05) is 12.1 Å². The van der Waals surface area contributed by atoms with Crippen molar-refractivity contribution in [3.63, 3.8) is 0 Å². The molecular formula is C33H44ClFN4O6S. The molecule has 1 aliphatic carbocycles. The second kappa shape index (κ2) is 15.4. The van der Waals surface area contributed by atoms with Crippen LogP contribution in [0.3, 0.4) is 0 Å². The van der Waals surface area contributed by atoms with Gasteiger partial charge in [0, 0.05) is 54.5 Å². The predicted molar refractivity (Wildman–Crippen MR) is 175 cm³/mol. The lowest BCUT2D eigenvalue weighted by Crippen LogP contribution is -2.57. The van der Waals surface area contributed by atoms with Gasteiger partial charge < -0.3 is 25.4 Å². The molecule has 0 radical (unpaired) electrons. The molecule has 3 N–H and O–H groups in total. The molecule has 2 heterocycles. The van der Waals surface area contributed by atoms with Crippen molar-refractivity contribution in [3.05, 3.63) is 64.4 Å². The fourth-order valence-electron chi connectivity index (χ4n) is 7.31. The van der Waals surface area contributed by atoms with Gasteiger partial charge in [-0.3, -0.25) is 4.79 Å². The van der Waals surface area contributed by atoms with Gasteiger partial charge in [-0.25, -0.2) is 17.6 Å². The van der Waals surface area contributed by atoms with E-state index in [0.29, 0.717) is 31.0 Å². The third-order valence-electron chi connectivity index (χ3n) is 9.78. The number of benzene rings is 2. The molecule has 0 spiro atoms. The van der Waals surface area contributed by atoms with E-state index in [0.717, 1.165) is 37.7 Å². The maximum Gasteiger partial charge on any atom is 0.407 e. The van der Waals surface area contributed by atoms with Crippen LogP contribution in [0.4, 0.5) is 14.9 Å². The van der Waals surface area contributed by atoms with Gasteiger partial charge in [-0.1, -0.05) is 29.8 Å². The SMILES string of the molecule is COC(=O)N[C@H](C(=O)Nc1cccc(F)c1CC[C@H]1CN[C@@H]2CCCS(=O)(=O)N1C2)[C@@H](c1ccc(Cl)cc1)[C@H]1CC[C@H](OC)CC1. The van der Waals surface area contributed by atoms with E-state index < -0.39 is 39.8 Å². The average Bonchev–Trinajstić information content (AvgIpc) is 3.16. The Kier molecular flexibility index (Phi) is 11.6. The zero-order valence-electron chi connectivity index (χ0n) is 26.3. The first-order valence-electron chi connectivity index (χ1n) is 16.0. The standard InChI is InChI=1S/C33H44ClFN4O6S/c1-44-26-15-10-22(11-16-26)30(21-8-12-23(34)13-9-21)31(38-33(41)45-2)32(40)37-29-7-3-6-28(35)27(29)17-14-25-19-36-24-5-4-18-46(42,43)39(25)20-24/h3,6-9,12-13,22,24-26,30-31,36H,4-5,10-11,14-20H2,1-2H3,(H,37,40)(H,38,41)/t22-,24-,25+,26-,30+,31+/m1/s1. The van der Waals surface area contributed by atoms with Gasteiger partial charge in [-0.2, -0.15) is 4.31 Å². The highest BCUT2D eigenvalue weighted by molar-refractivity contribution is 7.89. The normalized spacial score (nSPS) is 27.1. The molecule has 2 aromatic rings. The molecule has 5 atom stereocenters. The van der Waals surface area contributed by atoms with Crippen LogP contribution in [0.5, 0.6) is 0 Å². The van der Waals surface area contributed by atoms with Crippen LogP contribution in [-0.4, -0.2) is 82.0 Å². The molecule has 1 saturated carbocycles. The van der Waals surface area contributed by atoms with E-state index in [9.17, 15) is 18.0 Å². The van der Waals surface area contributed by atoms with Gasteiger partial charge in [0.05, 0.1) is 19.0 Å². The van der Waals surface area contributed by atoms with E-state index in [-0.39, 0.29) is 47.5 Å². The van der Waals surface area contributed by atoms with Gasteiger partial charge in [-0.05, 0) is 87.1 Å². The zero-order chi connectivity index (χ0) is 32.8. The molecule has 13 heteroatoms. The first-order chi connectivity index (χ1) is 22.1. The number of ether oxygens (including phenoxy) is 2. The van der Waals surface area contributed by atoms with Crippen LogP contribution in [0.15, 0.2) is 42.5 Å². The fourth-order valence-corrected chi connectivity index (χ4v) is 9.24. The van der Waals surface area contributed by atoms with Crippen LogP contribution >= 0.6 is 11.6 Å². The maximum absolute atomic E-state index is 15.4. The Balaban J connectivity index is 1.40. The molecule has 46 heavy (non-hydrogen) atoms. The number of nitrogens with one attached hydrogen (secondary N) is 3. The van der Waals surface area contributed by atoms with Crippen LogP contribution in [0.25, 0.3) is 0 Å². The number of hydrogen-bond acceptors (Lipinski definition) is 7. The summed E-state index contributed by atoms with van der Waals surface area (Å²) in [5.74, 6) is -1.29. The maximum atomic E-state index is 15.4. The Bertz CT molecular complexity index is 1470. The number of halogens is 2. The molecule has 2 aromatic carbocycles. The molecule has 0 aromatic heterocycles. The van der Waals surface area contributed by atoms with Gasteiger partial charge in [0.1, 0.15) is 11.9 Å². The zero-order valence-corrected chi connectivity index (χ0v) is 27.9. The van der Waals surface area contributed by atoms with Gasteiger partial charge in [0.25, 0.3) is 0 Å². The molecule has 252 valence electrons. The van der Waals surface area contributed by atoms with Crippen molar-refractivity contribution < 1.29 is 31.9 Å². The molecule has 3 fully saturated rings. The lowest BCUT2D eigenvalue weighted by Gasteiger charge is -2.38. The van der Waals surface area contributed by atoms with E-state index in [1.165, 1.54) is 19.2 Å². The Labute approximate surface area is 275 Å². The Hall–Kier alpha value is -2.77. The number of methoxy groups -OCH3 is 2. The number of hydrogen-bond donors (Lipinski definition) is 3. The molecule has 2 bridgehead atoms. The van der Waals surface area contributed by atoms with Crippen molar-refractivity contribution in [1.29, 1.82) is 0 Å². The summed E-state index contributed by atoms with van der Waals surface area (Å²) >= 11 is 6.21. The lowest BCUT2D eigenvalue weighted by atomic mass is 9.72. The molecule has 2 aliphatic heterocycles. The van der Waals surface area contributed by atoms with Crippen molar-refractivity contribution in [2.75, 3.05) is 38.4 Å². The van der Waals surface area contributed by atoms with Crippen LogP contribution < -0.4 is 16.0 Å². The molecule has 3 aliphatic rings. The summed E-state index contributed by atoms with van der Waals surface area (Å²) in [5.41, 5.74) is 1.40. The predicted octanol–water partition coefficient (Wildman–Crippen LogP) is 4.83. The number of piperazine rings is 1. The third-order valence-corrected chi connectivity index (χ3v) is 12.0. The number of nitrogens with zero attached hydrogens (tertiary/aromatic N) is 1. The van der Waals surface area contributed by atoms with Crippen LogP contribution in [0.2, 0.25) is 5.02 Å². The molecule has 1 unspecified atom stereocenters. The van der Waals surface area contributed by atoms with Gasteiger partial charge in [-0.15, -0.1) is 0 Å². The van der Waals surface area contributed by atoms with Crippen LogP contribution in [0, 0.1) is 11.7 Å². The van der Waals surface area contributed by atoms with Crippen LogP contribution in [0.1, 0.15) is 62.0 Å². The molecule has 2 saturated heterocycles. The van der Waals surface area contributed by atoms with Crippen molar-refractivity contribution in [2.45, 2.75) is 81.5 Å². The Morgan fingerprint density at radius 1 is 1.09 bits per heavy atom. The summed E-state index contributed by atoms with van der Waals surface area (Å²) in [5, 5.41) is 9.67. The summed E-state index contributed by atoms with van der Waals surface area (Å²) in [7, 11) is -0.468. The largest absolute Gasteiger partial charge is 0.453 e. The van der Waals surface area contributed by atoms with E-state index in [4.69, 9.17) is 21.1 Å². The number of rotatable bonds is 10. The van der Waals surface area contributed by atoms with Gasteiger partial charge >= 0.3 is 6.09 Å². The number of carbonyl (C=O) groups is 2. The minimum Gasteiger partial charge on any atom is -0.453 e. The van der Waals surface area contributed by atoms with E-state index >= 15 is 4.39 Å². The summed E-state index contributed by atoms with van der Waals surface area (Å²) in [6.45, 7) is 0.895. The van der Waals surface area contributed by atoms with Gasteiger partial charge in [0.15, 0.2) is 0 Å². The molecular weight excluding hydrogens is 635 g/mol. The van der Waals surface area contributed by atoms with Crippen LogP contribution in [-0.2, 0) is 30.7 Å². The van der Waals surface area contributed by atoms with E-state index in [1.54, 1.807) is 29.6 Å². The minimum absolute atomic E-state index is 0.0330. The number of amides is 2. The van der Waals surface area contributed by atoms with Gasteiger partial charge in [0.2, 0.25) is 15.9 Å². The number of anilines is 1. The molecule has 5 rings (SSSR count). The first-order valence-corrected chi connectivity index (χ1v) is 18.0. The Morgan fingerprint density at radius 2 is 1.83 bits per heavy atom. The first kappa shape index (κ1) is 34.6. The van der Waals surface area contributed by atoms with Crippen molar-refractivity contribution in [1.82, 2.24) is 14.9 Å². The minimum atomic E-state index is -3.40. The molecule has 10 nitrogen and oxygen atoms in total. The average molecular weight is 679 g/mol. The monoisotopic (exact) mass is 678 g/mol. The van der Waals surface area contributed by atoms with Crippen molar-refractivity contribution in [3.8, 4) is 0 Å². The third kappa shape index (κ3) is 8.20. The highest BCUT2D eigenvalue weighted by atomic mass is 35.5. The summed E-state index contributed by atoms with van der Waals surface area (Å²) in [6.07, 6.45) is 4.56. The molecule has 2 amide bonds. The number of sulfonamides is 1. The topological polar surface area (TPSA) is 126 Å². The number of fused-ring (bicyclic) bond motifs is 2. The summed E-state index contributed by atoms with van der Waals surface area (Å²) in [4.78, 5) is 26.8. The van der Waals surface area contributed by atoms with E-state index in [2.05, 4.69) is 16.0 Å². The highest BCUT2D eigenvalue weighted by Gasteiger charge is 2.40. The van der Waals surface area contributed by atoms with Crippen molar-refractivity contribution in [2.24, 2.45) is 5.92 Å². The fraction of sp³-hybridized carbons (Fsp3) is 0.576. The highest BCUT2D eigenvalue weighted by Crippen LogP contribution is 2.40. The van der Waals surface area contributed by atoms with Crippen molar-refractivity contribution >= 4 is 39.3 Å². The summed E-state index contributed by atoms with van der Waals surface area (Å²) in [6, 6.07) is 10.5. The quantitative estimate of drug-likeness (QED) is 0.329. The number of alkyl carbamates (subject to hydrolysis) is 1. The lowest BCUT2D eigenvalue weighted by molar-refractivity contribution is -0.119. The Morgan fingerprint density at radius 3 is 2.52 bits per heavy atom. The summed E-state index contributed by atoms with van der Waals surface area (Å²) < 4.78 is 53.4. The second-order valence-corrected chi connectivity index (χ2v) is 15.0. The second-order valence-electron chi connectivity index (χ2n) is 12.5. The smallest absolute Gasteiger partial charge is 0.407 e.